The van der Waals surface area contributed by atoms with E-state index >= 15 is 0 Å². The largest absolute Gasteiger partial charge is 0.481 e. The fourth-order valence-corrected chi connectivity index (χ4v) is 2.59. The Kier molecular flexibility index (Phi) is 6.42. The second-order valence-electron chi connectivity index (χ2n) is 5.31. The van der Waals surface area contributed by atoms with E-state index in [9.17, 15) is 24.6 Å². The maximum atomic E-state index is 11.5. The lowest BCUT2D eigenvalue weighted by Gasteiger charge is -2.20. The van der Waals surface area contributed by atoms with Crippen molar-refractivity contribution in [1.82, 2.24) is 0 Å². The molecule has 0 bridgehead atoms. The lowest BCUT2D eigenvalue weighted by Crippen LogP contribution is -2.25. The highest BCUT2D eigenvalue weighted by molar-refractivity contribution is 5.96. The molecule has 1 aliphatic rings. The van der Waals surface area contributed by atoms with E-state index in [0.717, 1.165) is 32.1 Å². The minimum absolute atomic E-state index is 0.119. The molecule has 0 heterocycles. The summed E-state index contributed by atoms with van der Waals surface area (Å²) in [5.74, 6) is -3.81. The summed E-state index contributed by atoms with van der Waals surface area (Å²) in [6, 6.07) is 0. The Balaban J connectivity index is 2.94. The van der Waals surface area contributed by atoms with Crippen molar-refractivity contribution in [2.75, 3.05) is 0 Å². The number of carboxylic acid groups (broad SMARTS) is 2. The van der Waals surface area contributed by atoms with Gasteiger partial charge in [-0.15, -0.1) is 0 Å². The summed E-state index contributed by atoms with van der Waals surface area (Å²) < 4.78 is 0. The van der Waals surface area contributed by atoms with Crippen LogP contribution in [0.1, 0.15) is 51.9 Å². The lowest BCUT2D eigenvalue weighted by atomic mass is 9.84. The van der Waals surface area contributed by atoms with Crippen LogP contribution in [0.25, 0.3) is 0 Å². The van der Waals surface area contributed by atoms with E-state index in [1.54, 1.807) is 13.0 Å². The van der Waals surface area contributed by atoms with E-state index in [-0.39, 0.29) is 30.1 Å². The lowest BCUT2D eigenvalue weighted by molar-refractivity contribution is -0.145. The van der Waals surface area contributed by atoms with E-state index in [4.69, 9.17) is 0 Å². The molecule has 1 rings (SSSR count). The van der Waals surface area contributed by atoms with Crippen molar-refractivity contribution in [3.63, 3.8) is 0 Å². The van der Waals surface area contributed by atoms with E-state index in [1.807, 2.05) is 0 Å². The number of carboxylic acids is 2. The zero-order valence-electron chi connectivity index (χ0n) is 11.8. The average Bonchev–Trinajstić information content (AvgIpc) is 2.42. The smallest absolute Gasteiger partial charge is 0.332 e. The fraction of sp³-hybridized carbons (Fsp3) is 0.667. The Bertz CT molecular complexity index is 404. The van der Waals surface area contributed by atoms with Crippen LogP contribution in [0.3, 0.4) is 0 Å². The van der Waals surface area contributed by atoms with Crippen LogP contribution < -0.4 is 0 Å². The van der Waals surface area contributed by atoms with Crippen LogP contribution in [-0.4, -0.2) is 27.9 Å². The first kappa shape index (κ1) is 16.4. The molecule has 1 atom stereocenters. The van der Waals surface area contributed by atoms with E-state index < -0.39 is 17.9 Å². The summed E-state index contributed by atoms with van der Waals surface area (Å²) in [4.78, 5) is 34.1. The van der Waals surface area contributed by atoms with Crippen LogP contribution in [0.4, 0.5) is 0 Å². The Hall–Kier alpha value is -1.65. The molecule has 1 aliphatic carbocycles. The molecular formula is C15H22O5. The molecule has 0 aliphatic heterocycles. The third-order valence-electron chi connectivity index (χ3n) is 3.81. The van der Waals surface area contributed by atoms with Gasteiger partial charge in [-0.25, -0.2) is 4.79 Å². The number of rotatable bonds is 7. The molecule has 1 saturated carbocycles. The molecular weight excluding hydrogens is 260 g/mol. The maximum Gasteiger partial charge on any atom is 0.332 e. The number of aliphatic carboxylic acids is 2. The molecule has 112 valence electrons. The first-order valence-electron chi connectivity index (χ1n) is 7.15. The van der Waals surface area contributed by atoms with Gasteiger partial charge in [0, 0.05) is 18.4 Å². The standard InChI is InChI=1S/C15H22O5/c1-2-11(16)9-13(15(19)20)12(14(17)18)8-10-6-4-3-5-7-10/h8,10,13H,2-7,9H2,1H3,(H,17,18)(H,19,20). The van der Waals surface area contributed by atoms with Gasteiger partial charge in [-0.1, -0.05) is 32.3 Å². The predicted octanol–water partition coefficient (Wildman–Crippen LogP) is 2.65. The zero-order chi connectivity index (χ0) is 15.1. The van der Waals surface area contributed by atoms with Gasteiger partial charge >= 0.3 is 11.9 Å². The molecule has 0 aromatic carbocycles. The summed E-state index contributed by atoms with van der Waals surface area (Å²) in [6.45, 7) is 1.65. The maximum absolute atomic E-state index is 11.5. The minimum Gasteiger partial charge on any atom is -0.481 e. The van der Waals surface area contributed by atoms with Crippen LogP contribution in [0, 0.1) is 11.8 Å². The number of hydrogen-bond donors (Lipinski definition) is 2. The number of carbonyl (C=O) groups excluding carboxylic acids is 1. The number of hydrogen-bond acceptors (Lipinski definition) is 3. The highest BCUT2D eigenvalue weighted by Crippen LogP contribution is 2.28. The quantitative estimate of drug-likeness (QED) is 0.700. The topological polar surface area (TPSA) is 91.7 Å². The molecule has 20 heavy (non-hydrogen) atoms. The van der Waals surface area contributed by atoms with E-state index in [1.165, 1.54) is 0 Å². The molecule has 0 spiro atoms. The summed E-state index contributed by atoms with van der Waals surface area (Å²) in [7, 11) is 0. The predicted molar refractivity (Wildman–Crippen MR) is 73.3 cm³/mol. The Morgan fingerprint density at radius 2 is 1.75 bits per heavy atom. The highest BCUT2D eigenvalue weighted by atomic mass is 16.4. The van der Waals surface area contributed by atoms with E-state index in [0.29, 0.717) is 0 Å². The monoisotopic (exact) mass is 282 g/mol. The summed E-state index contributed by atoms with van der Waals surface area (Å²) in [5.41, 5.74) is -0.133. The Morgan fingerprint density at radius 1 is 1.15 bits per heavy atom. The van der Waals surface area contributed by atoms with Gasteiger partial charge in [-0.2, -0.15) is 0 Å². The molecule has 5 heteroatoms. The van der Waals surface area contributed by atoms with Gasteiger partial charge in [0.2, 0.25) is 0 Å². The van der Waals surface area contributed by atoms with Gasteiger partial charge in [0.05, 0.1) is 5.92 Å². The average molecular weight is 282 g/mol. The zero-order valence-corrected chi connectivity index (χ0v) is 11.8. The first-order valence-corrected chi connectivity index (χ1v) is 7.15. The summed E-state index contributed by atoms with van der Waals surface area (Å²) in [5, 5.41) is 18.5. The SMILES string of the molecule is CCC(=O)CC(C(=O)O)C(=CC1CCCCC1)C(=O)O. The number of Topliss-reactive ketones (excluding diaryl/α,β-unsaturated/α-hetero) is 1. The molecule has 5 nitrogen and oxygen atoms in total. The van der Waals surface area contributed by atoms with E-state index in [2.05, 4.69) is 0 Å². The van der Waals surface area contributed by atoms with Gasteiger partial charge in [0.25, 0.3) is 0 Å². The number of allylic oxidation sites excluding steroid dienone is 1. The van der Waals surface area contributed by atoms with Crippen molar-refractivity contribution < 1.29 is 24.6 Å². The molecule has 0 aromatic heterocycles. The van der Waals surface area contributed by atoms with Crippen molar-refractivity contribution in [3.8, 4) is 0 Å². The number of carbonyl (C=O) groups is 3. The van der Waals surface area contributed by atoms with Crippen LogP contribution in [0.2, 0.25) is 0 Å². The molecule has 2 N–H and O–H groups in total. The van der Waals surface area contributed by atoms with Crippen LogP contribution >= 0.6 is 0 Å². The van der Waals surface area contributed by atoms with Crippen LogP contribution in [0.5, 0.6) is 0 Å². The molecule has 1 fully saturated rings. The molecule has 0 radical (unpaired) electrons. The Labute approximate surface area is 118 Å². The van der Waals surface area contributed by atoms with Gasteiger partial charge in [-0.05, 0) is 18.8 Å². The van der Waals surface area contributed by atoms with Crippen molar-refractivity contribution in [3.05, 3.63) is 11.6 Å². The fourth-order valence-electron chi connectivity index (χ4n) is 2.59. The van der Waals surface area contributed by atoms with Gasteiger partial charge in [-0.3, -0.25) is 9.59 Å². The normalized spacial score (nSPS) is 18.6. The summed E-state index contributed by atoms with van der Waals surface area (Å²) in [6.07, 6.45) is 6.57. The highest BCUT2D eigenvalue weighted by Gasteiger charge is 2.30. The number of ketones is 1. The molecule has 0 amide bonds. The molecule has 0 saturated heterocycles. The Morgan fingerprint density at radius 3 is 2.20 bits per heavy atom. The third kappa shape index (κ3) is 4.79. The van der Waals surface area contributed by atoms with Gasteiger partial charge < -0.3 is 10.2 Å². The molecule has 1 unspecified atom stereocenters. The second kappa shape index (κ2) is 7.82. The third-order valence-corrected chi connectivity index (χ3v) is 3.81. The van der Waals surface area contributed by atoms with Crippen molar-refractivity contribution >= 4 is 17.7 Å². The minimum atomic E-state index is -1.24. The van der Waals surface area contributed by atoms with Gasteiger partial charge in [0.1, 0.15) is 5.78 Å². The van der Waals surface area contributed by atoms with Crippen molar-refractivity contribution in [2.24, 2.45) is 11.8 Å². The van der Waals surface area contributed by atoms with Crippen molar-refractivity contribution in [2.45, 2.75) is 51.9 Å². The molecule has 0 aromatic rings. The van der Waals surface area contributed by atoms with Gasteiger partial charge in [0.15, 0.2) is 0 Å². The second-order valence-corrected chi connectivity index (χ2v) is 5.31. The van der Waals surface area contributed by atoms with Crippen molar-refractivity contribution in [1.29, 1.82) is 0 Å². The summed E-state index contributed by atoms with van der Waals surface area (Å²) >= 11 is 0. The van der Waals surface area contributed by atoms with Crippen LogP contribution in [0.15, 0.2) is 11.6 Å². The first-order chi connectivity index (χ1) is 9.45. The van der Waals surface area contributed by atoms with Crippen LogP contribution in [-0.2, 0) is 14.4 Å².